The van der Waals surface area contributed by atoms with Crippen molar-refractivity contribution in [3.63, 3.8) is 0 Å². The number of nitrogens with zero attached hydrogens (tertiary/aromatic N) is 3. The summed E-state index contributed by atoms with van der Waals surface area (Å²) in [6.45, 7) is 14.5. The number of hydrogen-bond donors (Lipinski definition) is 0. The Bertz CT molecular complexity index is 1070. The zero-order chi connectivity index (χ0) is 22.8. The Balaban J connectivity index is 1.32. The van der Waals surface area contributed by atoms with Crippen molar-refractivity contribution in [2.75, 3.05) is 19.7 Å². The fourth-order valence-corrected chi connectivity index (χ4v) is 5.53. The molecule has 1 amide bonds. The minimum atomic E-state index is -0.319. The molecule has 0 saturated carbocycles. The van der Waals surface area contributed by atoms with Crippen molar-refractivity contribution in [1.82, 2.24) is 14.9 Å². The van der Waals surface area contributed by atoms with Gasteiger partial charge in [0.15, 0.2) is 0 Å². The van der Waals surface area contributed by atoms with Crippen LogP contribution in [0.3, 0.4) is 0 Å². The zero-order valence-electron chi connectivity index (χ0n) is 19.9. The molecule has 1 aromatic carbocycles. The molecule has 4 heterocycles. The molecule has 2 fully saturated rings. The topological polar surface area (TPSA) is 64.6 Å². The molecule has 0 aliphatic carbocycles. The first kappa shape index (κ1) is 21.4. The maximum Gasteiger partial charge on any atom is 0.257 e. The first-order valence-electron chi connectivity index (χ1n) is 11.6. The van der Waals surface area contributed by atoms with Crippen molar-refractivity contribution in [1.29, 1.82) is 0 Å². The highest BCUT2D eigenvalue weighted by molar-refractivity contribution is 5.95. The van der Waals surface area contributed by atoms with E-state index >= 15 is 0 Å². The number of carbonyl (C=O) groups excluding carboxylic acids is 1. The van der Waals surface area contributed by atoms with Gasteiger partial charge in [-0.1, -0.05) is 26.0 Å². The summed E-state index contributed by atoms with van der Waals surface area (Å²) in [5.41, 5.74) is 3.37. The first-order valence-corrected chi connectivity index (χ1v) is 11.6. The number of fused-ring (bicyclic) bond motifs is 3. The highest BCUT2D eigenvalue weighted by atomic mass is 16.5. The molecule has 0 unspecified atom stereocenters. The summed E-state index contributed by atoms with van der Waals surface area (Å²) in [5, 5.41) is 0. The Morgan fingerprint density at radius 2 is 1.97 bits per heavy atom. The van der Waals surface area contributed by atoms with Gasteiger partial charge in [0.2, 0.25) is 0 Å². The largest absolute Gasteiger partial charge is 0.487 e. The van der Waals surface area contributed by atoms with Gasteiger partial charge in [-0.15, -0.1) is 0 Å². The van der Waals surface area contributed by atoms with E-state index < -0.39 is 0 Å². The van der Waals surface area contributed by atoms with Crippen LogP contribution in [0.1, 0.15) is 79.1 Å². The van der Waals surface area contributed by atoms with Crippen molar-refractivity contribution in [3.8, 4) is 5.75 Å². The predicted octanol–water partition coefficient (Wildman–Crippen LogP) is 4.61. The summed E-state index contributed by atoms with van der Waals surface area (Å²) in [6, 6.07) is 6.39. The number of amides is 1. The van der Waals surface area contributed by atoms with Crippen LogP contribution in [0.2, 0.25) is 0 Å². The van der Waals surface area contributed by atoms with Gasteiger partial charge in [-0.25, -0.2) is 9.97 Å². The molecule has 6 heteroatoms. The van der Waals surface area contributed by atoms with Gasteiger partial charge in [0.1, 0.15) is 17.2 Å². The van der Waals surface area contributed by atoms with Crippen LogP contribution in [-0.4, -0.2) is 46.1 Å². The number of carbonyl (C=O) groups is 1. The molecule has 1 aromatic heterocycles. The van der Waals surface area contributed by atoms with Crippen LogP contribution < -0.4 is 4.74 Å². The molecule has 5 rings (SSSR count). The third kappa shape index (κ3) is 3.40. The highest BCUT2D eigenvalue weighted by Gasteiger charge is 2.56. The van der Waals surface area contributed by atoms with Crippen LogP contribution in [0, 0.1) is 25.2 Å². The first-order chi connectivity index (χ1) is 15.1. The highest BCUT2D eigenvalue weighted by Crippen LogP contribution is 2.55. The SMILES string of the molecule is Cc1ccc2c(c1)OC(C)(C)[C@H]1CC3(CO[C@H]21)CN(C(=O)c1cnc(C(C)C)nc1C)C3. The number of benzene rings is 1. The molecule has 32 heavy (non-hydrogen) atoms. The lowest BCUT2D eigenvalue weighted by Crippen LogP contribution is -2.65. The quantitative estimate of drug-likeness (QED) is 0.689. The van der Waals surface area contributed by atoms with Crippen molar-refractivity contribution in [2.24, 2.45) is 11.3 Å². The van der Waals surface area contributed by atoms with Gasteiger partial charge in [0.25, 0.3) is 5.91 Å². The van der Waals surface area contributed by atoms with Crippen molar-refractivity contribution in [2.45, 2.75) is 65.6 Å². The lowest BCUT2D eigenvalue weighted by atomic mass is 9.64. The van der Waals surface area contributed by atoms with Gasteiger partial charge >= 0.3 is 0 Å². The van der Waals surface area contributed by atoms with E-state index in [4.69, 9.17) is 9.47 Å². The molecule has 0 radical (unpaired) electrons. The van der Waals surface area contributed by atoms with E-state index in [0.29, 0.717) is 25.3 Å². The van der Waals surface area contributed by atoms with Crippen LogP contribution in [-0.2, 0) is 4.74 Å². The number of hydrogen-bond acceptors (Lipinski definition) is 5. The summed E-state index contributed by atoms with van der Waals surface area (Å²) in [7, 11) is 0. The van der Waals surface area contributed by atoms with Crippen molar-refractivity contribution in [3.05, 3.63) is 52.6 Å². The molecular formula is C26H33N3O3. The zero-order valence-corrected chi connectivity index (χ0v) is 19.9. The third-order valence-electron chi connectivity index (χ3n) is 7.41. The van der Waals surface area contributed by atoms with Crippen LogP contribution in [0.25, 0.3) is 0 Å². The maximum atomic E-state index is 13.1. The van der Waals surface area contributed by atoms with Crippen LogP contribution in [0.4, 0.5) is 0 Å². The Hall–Kier alpha value is -2.47. The van der Waals surface area contributed by atoms with Crippen molar-refractivity contribution >= 4 is 5.91 Å². The number of rotatable bonds is 2. The van der Waals surface area contributed by atoms with Gasteiger partial charge in [0, 0.05) is 42.1 Å². The van der Waals surface area contributed by atoms with Crippen molar-refractivity contribution < 1.29 is 14.3 Å². The molecular weight excluding hydrogens is 402 g/mol. The average molecular weight is 436 g/mol. The lowest BCUT2D eigenvalue weighted by Gasteiger charge is -2.58. The molecule has 2 saturated heterocycles. The molecule has 6 nitrogen and oxygen atoms in total. The summed E-state index contributed by atoms with van der Waals surface area (Å²) in [4.78, 5) is 24.0. The molecule has 170 valence electrons. The van der Waals surface area contributed by atoms with Crippen LogP contribution in [0.15, 0.2) is 24.4 Å². The Labute approximate surface area is 190 Å². The summed E-state index contributed by atoms with van der Waals surface area (Å²) < 4.78 is 12.9. The van der Waals surface area contributed by atoms with E-state index in [1.165, 1.54) is 5.56 Å². The number of aromatic nitrogens is 2. The van der Waals surface area contributed by atoms with Gasteiger partial charge < -0.3 is 14.4 Å². The summed E-state index contributed by atoms with van der Waals surface area (Å²) in [5.74, 6) is 2.23. The summed E-state index contributed by atoms with van der Waals surface area (Å²) >= 11 is 0. The van der Waals surface area contributed by atoms with Gasteiger partial charge in [-0.05, 0) is 45.7 Å². The fraction of sp³-hybridized carbons (Fsp3) is 0.577. The standard InChI is InChI=1S/C26H33N3O3/c1-15(2)23-27-11-19(17(4)28-23)24(30)29-12-26(13-29)10-20-22(31-14-26)18-8-7-16(3)9-21(18)32-25(20,5)6/h7-9,11,15,20,22H,10,12-14H2,1-6H3/t20-,22+/m0/s1. The molecule has 0 bridgehead atoms. The van der Waals surface area contributed by atoms with E-state index in [9.17, 15) is 4.79 Å². The monoisotopic (exact) mass is 435 g/mol. The van der Waals surface area contributed by atoms with E-state index in [1.807, 2.05) is 11.8 Å². The number of likely N-dealkylation sites (tertiary alicyclic amines) is 1. The molecule has 0 N–H and O–H groups in total. The normalized spacial score (nSPS) is 25.0. The smallest absolute Gasteiger partial charge is 0.257 e. The minimum Gasteiger partial charge on any atom is -0.487 e. The van der Waals surface area contributed by atoms with Crippen LogP contribution in [0.5, 0.6) is 5.75 Å². The second-order valence-corrected chi connectivity index (χ2v) is 10.8. The van der Waals surface area contributed by atoms with E-state index in [-0.39, 0.29) is 34.9 Å². The van der Waals surface area contributed by atoms with Gasteiger partial charge in [-0.3, -0.25) is 4.79 Å². The van der Waals surface area contributed by atoms with E-state index in [2.05, 4.69) is 62.8 Å². The minimum absolute atomic E-state index is 0.00765. The Morgan fingerprint density at radius 1 is 1.22 bits per heavy atom. The molecule has 3 aliphatic rings. The number of aryl methyl sites for hydroxylation is 2. The number of ether oxygens (including phenoxy) is 2. The molecule has 2 aromatic rings. The Morgan fingerprint density at radius 3 is 2.66 bits per heavy atom. The molecule has 2 atom stereocenters. The Kier molecular flexibility index (Phi) is 4.86. The molecule has 3 aliphatic heterocycles. The van der Waals surface area contributed by atoms with Crippen LogP contribution >= 0.6 is 0 Å². The lowest BCUT2D eigenvalue weighted by molar-refractivity contribution is -0.191. The second-order valence-electron chi connectivity index (χ2n) is 10.8. The maximum absolute atomic E-state index is 13.1. The van der Waals surface area contributed by atoms with E-state index in [1.54, 1.807) is 6.20 Å². The summed E-state index contributed by atoms with van der Waals surface area (Å²) in [6.07, 6.45) is 2.72. The van der Waals surface area contributed by atoms with Gasteiger partial charge in [0.05, 0.1) is 24.0 Å². The predicted molar refractivity (Wildman–Crippen MR) is 122 cm³/mol. The molecule has 1 spiro atoms. The average Bonchev–Trinajstić information content (AvgIpc) is 2.70. The second kappa shape index (κ2) is 7.27. The van der Waals surface area contributed by atoms with Gasteiger partial charge in [-0.2, -0.15) is 0 Å². The fourth-order valence-electron chi connectivity index (χ4n) is 5.53. The van der Waals surface area contributed by atoms with E-state index in [0.717, 1.165) is 29.3 Å². The third-order valence-corrected chi connectivity index (χ3v) is 7.41.